The molecule has 1 aromatic heterocycles. The van der Waals surface area contributed by atoms with Gasteiger partial charge in [0.1, 0.15) is 60.9 Å². The van der Waals surface area contributed by atoms with E-state index in [-0.39, 0.29) is 0 Å². The number of aromatic nitrogens is 2. The smallest absolute Gasteiger partial charge is 0.330 e. The van der Waals surface area contributed by atoms with E-state index in [1.54, 1.807) is 6.08 Å². The van der Waals surface area contributed by atoms with Crippen LogP contribution in [0.2, 0.25) is 0 Å². The number of hydrogen-bond acceptors (Lipinski definition) is 16. The molecule has 4 rings (SSSR count). The Balaban J connectivity index is 1.49. The molecule has 0 aromatic carbocycles. The van der Waals surface area contributed by atoms with Crippen LogP contribution in [-0.4, -0.2) is 155 Å². The summed E-state index contributed by atoms with van der Waals surface area (Å²) in [7, 11) is 0. The van der Waals surface area contributed by atoms with Crippen molar-refractivity contribution in [3.8, 4) is 0 Å². The average molecular weight is 817 g/mol. The maximum atomic E-state index is 13.1. The zero-order valence-electron chi connectivity index (χ0n) is 32.4. The van der Waals surface area contributed by atoms with Crippen LogP contribution >= 0.6 is 0 Å². The van der Waals surface area contributed by atoms with Crippen LogP contribution in [0.1, 0.15) is 84.8 Å². The Bertz CT molecular complexity index is 1580. The number of H-pyrrole nitrogens is 1. The summed E-state index contributed by atoms with van der Waals surface area (Å²) in [4.78, 5) is 51.0. The molecule has 3 aliphatic heterocycles. The molecule has 20 heteroatoms. The van der Waals surface area contributed by atoms with Crippen molar-refractivity contribution in [2.45, 2.75) is 170 Å². The van der Waals surface area contributed by atoms with Crippen molar-refractivity contribution in [1.29, 1.82) is 0 Å². The first-order valence-corrected chi connectivity index (χ1v) is 19.6. The van der Waals surface area contributed by atoms with Gasteiger partial charge in [0.15, 0.2) is 18.8 Å². The highest BCUT2D eigenvalue weighted by Crippen LogP contribution is 2.34. The molecule has 324 valence electrons. The molecule has 0 aliphatic carbocycles. The number of rotatable bonds is 19. The van der Waals surface area contributed by atoms with Crippen LogP contribution < -0.4 is 21.9 Å². The van der Waals surface area contributed by atoms with Gasteiger partial charge in [-0.2, -0.15) is 0 Å². The predicted octanol–water partition coefficient (Wildman–Crippen LogP) is -2.87. The molecular weight excluding hydrogens is 756 g/mol. The molecule has 0 bridgehead atoms. The van der Waals surface area contributed by atoms with E-state index in [2.05, 4.69) is 24.5 Å². The van der Waals surface area contributed by atoms with Crippen molar-refractivity contribution in [1.82, 2.24) is 20.2 Å². The number of amides is 2. The number of carbonyl (C=O) groups excluding carboxylic acids is 2. The Kier molecular flexibility index (Phi) is 17.8. The number of ether oxygens (including phenoxy) is 4. The number of carbonyl (C=O) groups is 2. The fourth-order valence-corrected chi connectivity index (χ4v) is 7.50. The number of allylic oxidation sites excluding steroid dienone is 1. The van der Waals surface area contributed by atoms with E-state index in [1.807, 2.05) is 4.98 Å². The van der Waals surface area contributed by atoms with Gasteiger partial charge in [-0.15, -0.1) is 0 Å². The minimum Gasteiger partial charge on any atom is -0.394 e. The predicted molar refractivity (Wildman–Crippen MR) is 198 cm³/mol. The topological polar surface area (TPSA) is 312 Å². The van der Waals surface area contributed by atoms with Gasteiger partial charge in [-0.25, -0.2) is 4.79 Å². The molecule has 16 atom stereocenters. The molecule has 3 aliphatic rings. The van der Waals surface area contributed by atoms with Crippen LogP contribution in [0.5, 0.6) is 0 Å². The molecule has 3 fully saturated rings. The largest absolute Gasteiger partial charge is 0.394 e. The van der Waals surface area contributed by atoms with Crippen LogP contribution in [0.4, 0.5) is 0 Å². The maximum Gasteiger partial charge on any atom is 0.330 e. The number of nitrogens with zero attached hydrogens (tertiary/aromatic N) is 1. The first-order chi connectivity index (χ1) is 27.1. The molecule has 3 saturated heterocycles. The van der Waals surface area contributed by atoms with Gasteiger partial charge >= 0.3 is 5.69 Å². The van der Waals surface area contributed by atoms with E-state index in [4.69, 9.17) is 18.9 Å². The first kappa shape index (κ1) is 46.6. The SMILES string of the molecule is CCCC(C)CCCCCC/C=C/C(=O)N[C@H]1[C@H](O[C@H]2O[C@H](CO)[C@@H](O)[C@H](O)[C@H]2NC(C)=O)O[C@H](C[C@@H](O)[C@H]2O[C@@H](n3ccc(=O)[nH]c3=O)[C@H](O)[C@@H]2O)[C@H](O)[C@@H]1O. The molecule has 0 saturated carbocycles. The summed E-state index contributed by atoms with van der Waals surface area (Å²) in [6.45, 7) is 4.77. The number of aliphatic hydroxyl groups excluding tert-OH is 8. The van der Waals surface area contributed by atoms with E-state index < -0.39 is 128 Å². The number of aliphatic hydroxyl groups is 8. The van der Waals surface area contributed by atoms with Gasteiger partial charge in [-0.1, -0.05) is 58.4 Å². The number of nitrogens with one attached hydrogen (secondary N) is 3. The van der Waals surface area contributed by atoms with Gasteiger partial charge in [0.2, 0.25) is 11.8 Å². The van der Waals surface area contributed by atoms with Crippen molar-refractivity contribution >= 4 is 11.8 Å². The van der Waals surface area contributed by atoms with Crippen LogP contribution in [0.25, 0.3) is 0 Å². The molecule has 1 aromatic rings. The Morgan fingerprint density at radius 3 is 2.14 bits per heavy atom. The molecule has 0 spiro atoms. The minimum absolute atomic E-state index is 0.598. The molecule has 20 nitrogen and oxygen atoms in total. The average Bonchev–Trinajstić information content (AvgIpc) is 3.45. The zero-order valence-corrected chi connectivity index (χ0v) is 32.4. The second kappa shape index (κ2) is 21.8. The Labute approximate surface area is 329 Å². The summed E-state index contributed by atoms with van der Waals surface area (Å²) < 4.78 is 24.1. The van der Waals surface area contributed by atoms with Gasteiger partial charge in [0.05, 0.1) is 18.8 Å². The monoisotopic (exact) mass is 816 g/mol. The van der Waals surface area contributed by atoms with E-state index >= 15 is 0 Å². The van der Waals surface area contributed by atoms with E-state index in [9.17, 15) is 60.0 Å². The number of hydrogen-bond donors (Lipinski definition) is 11. The lowest BCUT2D eigenvalue weighted by Gasteiger charge is -2.47. The summed E-state index contributed by atoms with van der Waals surface area (Å²) >= 11 is 0. The van der Waals surface area contributed by atoms with Crippen molar-refractivity contribution in [3.05, 3.63) is 45.3 Å². The summed E-state index contributed by atoms with van der Waals surface area (Å²) in [6, 6.07) is -2.01. The summed E-state index contributed by atoms with van der Waals surface area (Å²) in [5.74, 6) is -0.660. The lowest BCUT2D eigenvalue weighted by molar-refractivity contribution is -0.346. The van der Waals surface area contributed by atoms with E-state index in [1.165, 1.54) is 18.9 Å². The van der Waals surface area contributed by atoms with Crippen LogP contribution in [0.3, 0.4) is 0 Å². The quantitative estimate of drug-likeness (QED) is 0.0494. The fraction of sp³-hybridized carbons (Fsp3) is 0.784. The third-order valence-corrected chi connectivity index (χ3v) is 10.7. The fourth-order valence-electron chi connectivity index (χ4n) is 7.50. The lowest BCUT2D eigenvalue weighted by atomic mass is 9.91. The summed E-state index contributed by atoms with van der Waals surface area (Å²) in [6.07, 6.45) is -10.3. The molecule has 4 heterocycles. The normalized spacial score (nSPS) is 35.6. The summed E-state index contributed by atoms with van der Waals surface area (Å²) in [5, 5.41) is 91.3. The van der Waals surface area contributed by atoms with Gasteiger partial charge in [-0.3, -0.25) is 23.9 Å². The molecule has 11 N–H and O–H groups in total. The van der Waals surface area contributed by atoms with Crippen molar-refractivity contribution in [3.63, 3.8) is 0 Å². The Morgan fingerprint density at radius 1 is 0.877 bits per heavy atom. The third kappa shape index (κ3) is 12.2. The Morgan fingerprint density at radius 2 is 1.51 bits per heavy atom. The van der Waals surface area contributed by atoms with Crippen LogP contribution in [-0.2, 0) is 28.5 Å². The maximum absolute atomic E-state index is 13.1. The third-order valence-electron chi connectivity index (χ3n) is 10.7. The van der Waals surface area contributed by atoms with Crippen LogP contribution in [0.15, 0.2) is 34.0 Å². The van der Waals surface area contributed by atoms with Crippen molar-refractivity contribution < 1.29 is 69.4 Å². The molecular formula is C37H60N4O16. The van der Waals surface area contributed by atoms with E-state index in [0.29, 0.717) is 12.3 Å². The summed E-state index contributed by atoms with van der Waals surface area (Å²) in [5.41, 5.74) is -1.68. The lowest BCUT2D eigenvalue weighted by Crippen LogP contribution is -2.68. The molecule has 1 unspecified atom stereocenters. The highest BCUT2D eigenvalue weighted by atomic mass is 16.8. The van der Waals surface area contributed by atoms with Crippen molar-refractivity contribution in [2.75, 3.05) is 6.61 Å². The highest BCUT2D eigenvalue weighted by Gasteiger charge is 2.53. The molecule has 2 amide bonds. The van der Waals surface area contributed by atoms with Gasteiger partial charge in [-0.05, 0) is 24.8 Å². The van der Waals surface area contributed by atoms with Gasteiger partial charge < -0.3 is 70.4 Å². The first-order valence-electron chi connectivity index (χ1n) is 19.6. The Hall–Kier alpha value is -3.12. The van der Waals surface area contributed by atoms with Gasteiger partial charge in [0.25, 0.3) is 5.56 Å². The zero-order chi connectivity index (χ0) is 42.0. The van der Waals surface area contributed by atoms with Crippen molar-refractivity contribution in [2.24, 2.45) is 5.92 Å². The van der Waals surface area contributed by atoms with E-state index in [0.717, 1.165) is 55.9 Å². The minimum atomic E-state index is -1.85. The second-order valence-electron chi connectivity index (χ2n) is 15.2. The van der Waals surface area contributed by atoms with Crippen LogP contribution in [0, 0.1) is 5.92 Å². The second-order valence-corrected chi connectivity index (χ2v) is 15.2. The molecule has 0 radical (unpaired) electrons. The highest BCUT2D eigenvalue weighted by molar-refractivity contribution is 5.87. The molecule has 57 heavy (non-hydrogen) atoms. The van der Waals surface area contributed by atoms with Gasteiger partial charge in [0, 0.05) is 25.6 Å². The standard InChI is InChI=1S/C37H60N4O16/c1-4-11-18(2)12-9-7-5-6-8-10-13-23(45)39-26-30(50)27(47)21(54-36(26)57-35-25(38-19(3)43)29(49)28(48)22(17-42)55-35)16-20(44)33-31(51)32(52)34(56-33)41-15-14-24(46)40-37(41)53/h10,13-15,18,20-22,25-36,42,44,47-52H,4-9,11-12,16-17H2,1-3H3,(H,38,43)(H,39,45)(H,40,46,53)/b13-10+/t18?,20-,21-,22-,25-,26-,27+,28-,29-,30-,31+,32-,33-,34-,35-,36+/m1/s1. The number of aromatic amines is 1. The number of unbranched alkanes of at least 4 members (excludes halogenated alkanes) is 4.